The van der Waals surface area contributed by atoms with E-state index in [4.69, 9.17) is 46.0 Å². The van der Waals surface area contributed by atoms with Gasteiger partial charge in [-0.2, -0.15) is 5.26 Å². The van der Waals surface area contributed by atoms with Gasteiger partial charge >= 0.3 is 19.5 Å². The summed E-state index contributed by atoms with van der Waals surface area (Å²) < 4.78 is 29.4. The Bertz CT molecular complexity index is 2020. The monoisotopic (exact) mass is 904 g/mol. The molecule has 2 aromatic carbocycles. The molecule has 0 amide bonds. The zero-order valence-corrected chi connectivity index (χ0v) is 38.3. The van der Waals surface area contributed by atoms with Gasteiger partial charge in [-0.05, 0) is 108 Å². The Morgan fingerprint density at radius 2 is 1.14 bits per heavy atom. The Hall–Kier alpha value is -4.78. The van der Waals surface area contributed by atoms with E-state index >= 15 is 0 Å². The molecule has 4 heterocycles. The SMILES string of the molecule is CN(C)CCN(C)C.N#Cc1cccc2c1OC1(CCCCC1)c1nc(N)ncc1-2.Nc1ncc2c(n1)C1(CCCCC1)Oc1c(Br)cccc1-2.[2H]CF.[C-]#N.[C-]#N.[Zn+2]. The van der Waals surface area contributed by atoms with E-state index < -0.39 is 12.8 Å². The number of aromatic nitrogens is 4. The van der Waals surface area contributed by atoms with Crippen molar-refractivity contribution in [3.05, 3.63) is 83.4 Å². The molecule has 13 nitrogen and oxygen atoms in total. The summed E-state index contributed by atoms with van der Waals surface area (Å²) in [5.74, 6) is 2.15. The van der Waals surface area contributed by atoms with E-state index in [0.717, 1.165) is 108 Å². The van der Waals surface area contributed by atoms with Gasteiger partial charge in [-0.25, -0.2) is 19.9 Å². The first kappa shape index (κ1) is 47.6. The zero-order valence-electron chi connectivity index (χ0n) is 34.8. The molecular weight excluding hydrogens is 855 g/mol. The van der Waals surface area contributed by atoms with E-state index in [1.54, 1.807) is 12.3 Å². The first-order valence-electron chi connectivity index (χ1n) is 19.2. The standard InChI is InChI=1S/C17H16N4O.C16H16BrN3O.C6H16N2.CH3F.2CN.Zn/c18-9-11-5-4-6-12-13-10-20-16(19)21-15(13)17(22-14(11)12)7-2-1-3-8-17;17-12-6-4-5-10-11-9-19-15(18)20-14(11)16(21-13(10)12)7-2-1-3-8-16;1-7(2)5-6-8(3)4;3*1-2;/h4-6,10H,1-3,7-8H2,(H2,19,20,21);4-6,9H,1-3,7-8H2,(H2,18,19,20);5-6H2,1-4H3;1H3;;;/q;;;;2*-1;+2/i;;;1D;;;. The number of nitrogen functional groups attached to an aromatic ring is 2. The van der Waals surface area contributed by atoms with Crippen molar-refractivity contribution >= 4 is 27.8 Å². The molecule has 58 heavy (non-hydrogen) atoms. The van der Waals surface area contributed by atoms with E-state index in [9.17, 15) is 9.65 Å². The van der Waals surface area contributed by atoms with Crippen LogP contribution in [-0.2, 0) is 30.7 Å². The largest absolute Gasteiger partial charge is 2.00 e. The second-order valence-corrected chi connectivity index (χ2v) is 15.2. The zero-order chi connectivity index (χ0) is 42.9. The number of nitriles is 1. The maximum Gasteiger partial charge on any atom is 2.00 e. The van der Waals surface area contributed by atoms with Gasteiger partial charge in [0, 0.05) is 47.7 Å². The number of alkyl halides is 1. The summed E-state index contributed by atoms with van der Waals surface area (Å²) in [6, 6.07) is 13.9. The maximum atomic E-state index is 9.96. The van der Waals surface area contributed by atoms with Crippen LogP contribution in [0.15, 0.2) is 53.3 Å². The fourth-order valence-corrected chi connectivity index (χ4v) is 7.91. The summed E-state index contributed by atoms with van der Waals surface area (Å²) in [5, 5.41) is 21.9. The molecule has 0 atom stereocenters. The fraction of sp³-hybridized carbons (Fsp3) is 0.452. The molecule has 4 N–H and O–H groups in total. The first-order valence-corrected chi connectivity index (χ1v) is 19.3. The number of nitrogens with zero attached hydrogens (tertiary/aromatic N) is 9. The van der Waals surface area contributed by atoms with Crippen molar-refractivity contribution in [2.24, 2.45) is 0 Å². The molecule has 4 aromatic rings. The topological polar surface area (TPSA) is 200 Å². The number of benzene rings is 2. The molecule has 2 fully saturated rings. The van der Waals surface area contributed by atoms with E-state index in [0.29, 0.717) is 17.3 Å². The van der Waals surface area contributed by atoms with Crippen LogP contribution in [0.5, 0.6) is 11.5 Å². The minimum absolute atomic E-state index is 0. The van der Waals surface area contributed by atoms with E-state index in [2.05, 4.69) is 79.9 Å². The molecule has 2 aliphatic heterocycles. The van der Waals surface area contributed by atoms with Crippen LogP contribution in [0.3, 0.4) is 0 Å². The van der Waals surface area contributed by atoms with Gasteiger partial charge in [0.15, 0.2) is 11.2 Å². The molecular formula is C42H51BrFN11O2Zn. The Morgan fingerprint density at radius 3 is 1.55 bits per heavy atom. The van der Waals surface area contributed by atoms with Crippen LogP contribution in [0, 0.1) is 35.0 Å². The molecule has 2 spiro atoms. The van der Waals surface area contributed by atoms with E-state index in [-0.39, 0.29) is 31.0 Å². The summed E-state index contributed by atoms with van der Waals surface area (Å²) >= 11 is 3.61. The molecule has 0 saturated heterocycles. The van der Waals surface area contributed by atoms with Gasteiger partial charge in [0.2, 0.25) is 11.9 Å². The number of halogens is 2. The summed E-state index contributed by atoms with van der Waals surface area (Å²) in [6.07, 6.45) is 14.3. The van der Waals surface area contributed by atoms with Gasteiger partial charge in [0.25, 0.3) is 0 Å². The molecule has 2 aromatic heterocycles. The molecule has 0 bridgehead atoms. The molecule has 4 aliphatic rings. The second-order valence-electron chi connectivity index (χ2n) is 14.3. The minimum Gasteiger partial charge on any atom is -0.512 e. The fourth-order valence-electron chi connectivity index (χ4n) is 7.46. The average molecular weight is 907 g/mol. The molecule has 2 aliphatic carbocycles. The number of likely N-dealkylation sites (N-methyl/N-ethyl adjacent to an activating group) is 2. The van der Waals surface area contributed by atoms with Crippen molar-refractivity contribution < 1.29 is 34.7 Å². The smallest absolute Gasteiger partial charge is 0.512 e. The Labute approximate surface area is 364 Å². The molecule has 0 unspecified atom stereocenters. The van der Waals surface area contributed by atoms with Gasteiger partial charge in [0.1, 0.15) is 17.6 Å². The van der Waals surface area contributed by atoms with Crippen LogP contribution in [-0.4, -0.2) is 78.2 Å². The van der Waals surface area contributed by atoms with Crippen LogP contribution in [0.2, 0.25) is 0 Å². The number of nitrogens with two attached hydrogens (primary N) is 2. The number of fused-ring (bicyclic) bond motifs is 8. The van der Waals surface area contributed by atoms with E-state index in [1.807, 2.05) is 36.5 Å². The molecule has 16 heteroatoms. The number of anilines is 2. The normalized spacial score (nSPS) is 15.5. The summed E-state index contributed by atoms with van der Waals surface area (Å²) in [4.78, 5) is 21.8. The van der Waals surface area contributed by atoms with Gasteiger partial charge < -0.3 is 54.4 Å². The van der Waals surface area contributed by atoms with Gasteiger partial charge in [0.05, 0.1) is 29.9 Å². The Kier molecular flexibility index (Phi) is 19.4. The first-order chi connectivity index (χ1) is 28.0. The van der Waals surface area contributed by atoms with E-state index in [1.165, 1.54) is 12.8 Å². The van der Waals surface area contributed by atoms with Gasteiger partial charge in [-0.15, -0.1) is 0 Å². The third kappa shape index (κ3) is 11.5. The van der Waals surface area contributed by atoms with Crippen LogP contribution < -0.4 is 20.9 Å². The van der Waals surface area contributed by atoms with Crippen LogP contribution in [0.4, 0.5) is 16.3 Å². The predicted octanol–water partition coefficient (Wildman–Crippen LogP) is 8.07. The van der Waals surface area contributed by atoms with Crippen LogP contribution in [0.25, 0.3) is 22.3 Å². The third-order valence-corrected chi connectivity index (χ3v) is 10.7. The number of ether oxygens (including phenoxy) is 2. The molecule has 8 rings (SSSR count). The Balaban J connectivity index is 0.000000303. The quantitative estimate of drug-likeness (QED) is 0.148. The van der Waals surface area contributed by atoms with Crippen molar-refractivity contribution in [2.45, 2.75) is 75.4 Å². The average Bonchev–Trinajstić information content (AvgIpc) is 3.24. The number of hydrogen-bond acceptors (Lipinski definition) is 13. The minimum atomic E-state index is -1.00. The van der Waals surface area contributed by atoms with Crippen molar-refractivity contribution in [2.75, 3.05) is 59.9 Å². The summed E-state index contributed by atoms with van der Waals surface area (Å²) in [6.45, 7) is 11.8. The molecule has 2 saturated carbocycles. The van der Waals surface area contributed by atoms with Crippen LogP contribution in [0.1, 0.15) is 82.5 Å². The van der Waals surface area contributed by atoms with Crippen LogP contribution >= 0.6 is 15.9 Å². The predicted molar refractivity (Wildman–Crippen MR) is 221 cm³/mol. The number of rotatable bonds is 3. The maximum absolute atomic E-state index is 9.96. The second kappa shape index (κ2) is 23.6. The summed E-state index contributed by atoms with van der Waals surface area (Å²) in [7, 11) is 7.35. The number of para-hydroxylation sites is 2. The molecule has 302 valence electrons. The van der Waals surface area contributed by atoms with Crippen molar-refractivity contribution in [1.82, 2.24) is 29.7 Å². The van der Waals surface area contributed by atoms with Crippen molar-refractivity contribution in [1.29, 1.82) is 15.8 Å². The third-order valence-electron chi connectivity index (χ3n) is 10.1. The molecule has 0 radical (unpaired) electrons. The van der Waals surface area contributed by atoms with Crippen molar-refractivity contribution in [3.63, 3.8) is 0 Å². The van der Waals surface area contributed by atoms with Gasteiger partial charge in [-0.1, -0.05) is 37.1 Å². The number of hydrogen-bond donors (Lipinski definition) is 2. The van der Waals surface area contributed by atoms with Crippen molar-refractivity contribution in [3.8, 4) is 39.8 Å². The summed E-state index contributed by atoms with van der Waals surface area (Å²) in [5.41, 5.74) is 17.1. The Morgan fingerprint density at radius 1 is 0.741 bits per heavy atom. The van der Waals surface area contributed by atoms with Gasteiger partial charge in [-0.3, -0.25) is 4.39 Å².